The molecule has 0 aliphatic rings. The maximum Gasteiger partial charge on any atom is 0.305 e. The van der Waals surface area contributed by atoms with Gasteiger partial charge in [-0.15, -0.1) is 0 Å². The Labute approximate surface area is 91.7 Å². The maximum atomic E-state index is 12.3. The SMILES string of the molecule is COC(=O)CCc1ccc(C(F)F)cc1O. The Hall–Kier alpha value is -1.65. The van der Waals surface area contributed by atoms with E-state index >= 15 is 0 Å². The van der Waals surface area contributed by atoms with Crippen molar-refractivity contribution < 1.29 is 23.4 Å². The second-order valence-corrected chi connectivity index (χ2v) is 3.26. The number of esters is 1. The Balaban J connectivity index is 2.72. The summed E-state index contributed by atoms with van der Waals surface area (Å²) in [6.45, 7) is 0. The van der Waals surface area contributed by atoms with Gasteiger partial charge in [0, 0.05) is 12.0 Å². The highest BCUT2D eigenvalue weighted by atomic mass is 19.3. The van der Waals surface area contributed by atoms with E-state index in [1.165, 1.54) is 19.2 Å². The van der Waals surface area contributed by atoms with Gasteiger partial charge in [0.25, 0.3) is 6.43 Å². The van der Waals surface area contributed by atoms with Gasteiger partial charge in [-0.25, -0.2) is 8.78 Å². The summed E-state index contributed by atoms with van der Waals surface area (Å²) >= 11 is 0. The number of phenols is 1. The Morgan fingerprint density at radius 3 is 2.69 bits per heavy atom. The van der Waals surface area contributed by atoms with Crippen molar-refractivity contribution in [2.45, 2.75) is 19.3 Å². The molecule has 0 heterocycles. The molecule has 16 heavy (non-hydrogen) atoms. The van der Waals surface area contributed by atoms with Crippen molar-refractivity contribution in [1.82, 2.24) is 0 Å². The molecule has 0 saturated heterocycles. The van der Waals surface area contributed by atoms with Crippen LogP contribution in [0.15, 0.2) is 18.2 Å². The fourth-order valence-corrected chi connectivity index (χ4v) is 1.27. The summed E-state index contributed by atoms with van der Waals surface area (Å²) in [5, 5.41) is 9.44. The van der Waals surface area contributed by atoms with Crippen LogP contribution in [-0.2, 0) is 16.0 Å². The topological polar surface area (TPSA) is 46.5 Å². The van der Waals surface area contributed by atoms with Crippen molar-refractivity contribution in [2.24, 2.45) is 0 Å². The molecule has 0 bridgehead atoms. The number of ether oxygens (including phenoxy) is 1. The lowest BCUT2D eigenvalue weighted by molar-refractivity contribution is -0.140. The molecule has 0 unspecified atom stereocenters. The van der Waals surface area contributed by atoms with Gasteiger partial charge in [-0.05, 0) is 18.1 Å². The quantitative estimate of drug-likeness (QED) is 0.808. The van der Waals surface area contributed by atoms with Gasteiger partial charge in [-0.3, -0.25) is 4.79 Å². The molecule has 0 spiro atoms. The second-order valence-electron chi connectivity index (χ2n) is 3.26. The highest BCUT2D eigenvalue weighted by Crippen LogP contribution is 2.26. The van der Waals surface area contributed by atoms with Gasteiger partial charge >= 0.3 is 5.97 Å². The molecule has 1 aromatic carbocycles. The summed E-state index contributed by atoms with van der Waals surface area (Å²) < 4.78 is 29.0. The summed E-state index contributed by atoms with van der Waals surface area (Å²) in [4.78, 5) is 10.8. The van der Waals surface area contributed by atoms with Crippen LogP contribution in [0.1, 0.15) is 24.0 Å². The minimum atomic E-state index is -2.61. The van der Waals surface area contributed by atoms with Gasteiger partial charge in [0.15, 0.2) is 0 Å². The number of hydrogen-bond donors (Lipinski definition) is 1. The average molecular weight is 230 g/mol. The van der Waals surface area contributed by atoms with Crippen molar-refractivity contribution in [1.29, 1.82) is 0 Å². The van der Waals surface area contributed by atoms with E-state index in [0.29, 0.717) is 5.56 Å². The first-order valence-corrected chi connectivity index (χ1v) is 4.71. The van der Waals surface area contributed by atoms with Crippen LogP contribution >= 0.6 is 0 Å². The summed E-state index contributed by atoms with van der Waals surface area (Å²) in [5.74, 6) is -0.626. The molecule has 0 atom stereocenters. The van der Waals surface area contributed by atoms with E-state index in [9.17, 15) is 18.7 Å². The molecule has 0 aliphatic carbocycles. The summed E-state index contributed by atoms with van der Waals surface area (Å²) in [6, 6.07) is 3.63. The minimum absolute atomic E-state index is 0.109. The molecule has 0 saturated carbocycles. The predicted molar refractivity (Wildman–Crippen MR) is 53.4 cm³/mol. The molecule has 5 heteroatoms. The number of halogens is 2. The Bertz CT molecular complexity index is 377. The molecular formula is C11H12F2O3. The normalized spacial score (nSPS) is 10.5. The van der Waals surface area contributed by atoms with Gasteiger partial charge in [0.2, 0.25) is 0 Å². The lowest BCUT2D eigenvalue weighted by Crippen LogP contribution is -2.02. The van der Waals surface area contributed by atoms with E-state index < -0.39 is 12.4 Å². The monoisotopic (exact) mass is 230 g/mol. The van der Waals surface area contributed by atoms with Crippen LogP contribution in [0.25, 0.3) is 0 Å². The number of rotatable bonds is 4. The molecule has 88 valence electrons. The third-order valence-corrected chi connectivity index (χ3v) is 2.19. The smallest absolute Gasteiger partial charge is 0.305 e. The Morgan fingerprint density at radius 1 is 1.50 bits per heavy atom. The zero-order valence-electron chi connectivity index (χ0n) is 8.74. The van der Waals surface area contributed by atoms with Crippen LogP contribution in [0.4, 0.5) is 8.78 Å². The van der Waals surface area contributed by atoms with E-state index in [1.807, 2.05) is 0 Å². The standard InChI is InChI=1S/C11H12F2O3/c1-16-10(15)5-4-7-2-3-8(11(12)13)6-9(7)14/h2-3,6,11,14H,4-5H2,1H3. The van der Waals surface area contributed by atoms with E-state index in [4.69, 9.17) is 0 Å². The number of benzene rings is 1. The first kappa shape index (κ1) is 12.4. The molecule has 0 aliphatic heterocycles. The largest absolute Gasteiger partial charge is 0.508 e. The molecule has 0 fully saturated rings. The number of carbonyl (C=O) groups excluding carboxylic acids is 1. The second kappa shape index (κ2) is 5.44. The molecule has 0 radical (unpaired) electrons. The fraction of sp³-hybridized carbons (Fsp3) is 0.364. The van der Waals surface area contributed by atoms with Crippen LogP contribution < -0.4 is 0 Å². The highest BCUT2D eigenvalue weighted by Gasteiger charge is 2.11. The molecule has 0 aromatic heterocycles. The van der Waals surface area contributed by atoms with Crippen molar-refractivity contribution >= 4 is 5.97 Å². The number of aryl methyl sites for hydroxylation is 1. The first-order chi connectivity index (χ1) is 7.54. The Morgan fingerprint density at radius 2 is 2.19 bits per heavy atom. The summed E-state index contributed by atoms with van der Waals surface area (Å²) in [5.41, 5.74) is 0.217. The van der Waals surface area contributed by atoms with Crippen LogP contribution in [-0.4, -0.2) is 18.2 Å². The number of phenolic OH excluding ortho intramolecular Hbond substituents is 1. The molecular weight excluding hydrogens is 218 g/mol. The minimum Gasteiger partial charge on any atom is -0.508 e. The summed E-state index contributed by atoms with van der Waals surface area (Å²) in [7, 11) is 1.27. The Kier molecular flexibility index (Phi) is 4.22. The van der Waals surface area contributed by atoms with E-state index in [0.717, 1.165) is 6.07 Å². The molecule has 0 amide bonds. The van der Waals surface area contributed by atoms with E-state index in [2.05, 4.69) is 4.74 Å². The van der Waals surface area contributed by atoms with Crippen molar-refractivity contribution in [3.8, 4) is 5.75 Å². The number of hydrogen-bond acceptors (Lipinski definition) is 3. The highest BCUT2D eigenvalue weighted by molar-refractivity contribution is 5.69. The number of aromatic hydroxyl groups is 1. The lowest BCUT2D eigenvalue weighted by Gasteiger charge is -2.06. The maximum absolute atomic E-state index is 12.3. The van der Waals surface area contributed by atoms with Crippen molar-refractivity contribution in [2.75, 3.05) is 7.11 Å². The van der Waals surface area contributed by atoms with Gasteiger partial charge in [0.05, 0.1) is 7.11 Å². The molecule has 1 aromatic rings. The van der Waals surface area contributed by atoms with Crippen LogP contribution in [0.3, 0.4) is 0 Å². The number of carbonyl (C=O) groups is 1. The van der Waals surface area contributed by atoms with E-state index in [1.54, 1.807) is 0 Å². The van der Waals surface area contributed by atoms with Crippen molar-refractivity contribution in [3.05, 3.63) is 29.3 Å². The third-order valence-electron chi connectivity index (χ3n) is 2.19. The van der Waals surface area contributed by atoms with Gasteiger partial charge < -0.3 is 9.84 Å². The van der Waals surface area contributed by atoms with Gasteiger partial charge in [-0.2, -0.15) is 0 Å². The summed E-state index contributed by atoms with van der Waals surface area (Å²) in [6.07, 6.45) is -2.24. The molecule has 3 nitrogen and oxygen atoms in total. The number of alkyl halides is 2. The lowest BCUT2D eigenvalue weighted by atomic mass is 10.1. The van der Waals surface area contributed by atoms with Crippen LogP contribution in [0, 0.1) is 0 Å². The number of methoxy groups -OCH3 is 1. The molecule has 1 N–H and O–H groups in total. The first-order valence-electron chi connectivity index (χ1n) is 4.71. The average Bonchev–Trinajstić information content (AvgIpc) is 2.26. The zero-order valence-corrected chi connectivity index (χ0v) is 8.74. The van der Waals surface area contributed by atoms with E-state index in [-0.39, 0.29) is 24.2 Å². The fourth-order valence-electron chi connectivity index (χ4n) is 1.27. The third kappa shape index (κ3) is 3.18. The van der Waals surface area contributed by atoms with Gasteiger partial charge in [-0.1, -0.05) is 12.1 Å². The predicted octanol–water partition coefficient (Wildman–Crippen LogP) is 2.44. The van der Waals surface area contributed by atoms with Crippen LogP contribution in [0.5, 0.6) is 5.75 Å². The van der Waals surface area contributed by atoms with Crippen LogP contribution in [0.2, 0.25) is 0 Å². The zero-order chi connectivity index (χ0) is 12.1. The molecule has 1 rings (SSSR count). The van der Waals surface area contributed by atoms with Crippen molar-refractivity contribution in [3.63, 3.8) is 0 Å². The van der Waals surface area contributed by atoms with Gasteiger partial charge in [0.1, 0.15) is 5.75 Å².